The lowest BCUT2D eigenvalue weighted by atomic mass is 10.1. The van der Waals surface area contributed by atoms with Crippen LogP contribution in [0.25, 0.3) is 11.3 Å². The van der Waals surface area contributed by atoms with E-state index in [1.54, 1.807) is 18.4 Å². The van der Waals surface area contributed by atoms with Gasteiger partial charge < -0.3 is 10.5 Å². The molecule has 0 aliphatic carbocycles. The summed E-state index contributed by atoms with van der Waals surface area (Å²) < 4.78 is 5.31. The molecule has 0 bridgehead atoms. The molecule has 0 saturated carbocycles. The van der Waals surface area contributed by atoms with Crippen molar-refractivity contribution in [3.05, 3.63) is 40.2 Å². The highest BCUT2D eigenvalue weighted by molar-refractivity contribution is 7.12. The van der Waals surface area contributed by atoms with E-state index in [1.165, 1.54) is 10.4 Å². The zero-order chi connectivity index (χ0) is 13.7. The topological polar surface area (TPSA) is 48.1 Å². The second-order valence-electron chi connectivity index (χ2n) is 4.53. The van der Waals surface area contributed by atoms with E-state index < -0.39 is 0 Å². The lowest BCUT2D eigenvalue weighted by molar-refractivity contribution is 0.119. The number of rotatable bonds is 6. The van der Waals surface area contributed by atoms with E-state index >= 15 is 0 Å². The minimum Gasteiger partial charge on any atom is -0.381 e. The van der Waals surface area contributed by atoms with Gasteiger partial charge in [0.15, 0.2) is 0 Å². The zero-order valence-electron chi connectivity index (χ0n) is 11.4. The fraction of sp³-hybridized carbons (Fsp3) is 0.400. The van der Waals surface area contributed by atoms with Crippen LogP contribution in [0.5, 0.6) is 0 Å². The van der Waals surface area contributed by atoms with E-state index in [0.29, 0.717) is 6.54 Å². The molecule has 19 heavy (non-hydrogen) atoms. The minimum atomic E-state index is 0.195. The number of benzene rings is 1. The Labute approximate surface area is 118 Å². The number of hydrogen-bond donors (Lipinski definition) is 1. The zero-order valence-corrected chi connectivity index (χ0v) is 12.2. The van der Waals surface area contributed by atoms with E-state index in [9.17, 15) is 0 Å². The molecule has 1 heterocycles. The fourth-order valence-electron chi connectivity index (χ4n) is 1.94. The van der Waals surface area contributed by atoms with E-state index in [4.69, 9.17) is 15.5 Å². The predicted molar refractivity (Wildman–Crippen MR) is 80.5 cm³/mol. The Balaban J connectivity index is 2.30. The Hall–Kier alpha value is -1.23. The van der Waals surface area contributed by atoms with Crippen molar-refractivity contribution in [1.29, 1.82) is 0 Å². The molecule has 2 aromatic rings. The summed E-state index contributed by atoms with van der Waals surface area (Å²) in [7, 11) is 1.73. The van der Waals surface area contributed by atoms with Crippen molar-refractivity contribution in [2.24, 2.45) is 5.73 Å². The standard InChI is InChI=1S/C15H20N2OS/c1-11(18-2)10-14-17-15(13(19-14)8-9-16)12-6-4-3-5-7-12/h3-7,11H,8-10,16H2,1-2H3. The summed E-state index contributed by atoms with van der Waals surface area (Å²) in [6, 6.07) is 10.3. The number of methoxy groups -OCH3 is 1. The summed E-state index contributed by atoms with van der Waals surface area (Å²) in [5.41, 5.74) is 7.94. The van der Waals surface area contributed by atoms with Crippen LogP contribution in [0.3, 0.4) is 0 Å². The average Bonchev–Trinajstić information content (AvgIpc) is 2.83. The van der Waals surface area contributed by atoms with Gasteiger partial charge in [-0.3, -0.25) is 0 Å². The highest BCUT2D eigenvalue weighted by Crippen LogP contribution is 2.29. The van der Waals surface area contributed by atoms with Gasteiger partial charge in [-0.2, -0.15) is 0 Å². The molecule has 0 aliphatic rings. The quantitative estimate of drug-likeness (QED) is 0.882. The van der Waals surface area contributed by atoms with Gasteiger partial charge in [-0.15, -0.1) is 11.3 Å². The number of thiazole rings is 1. The summed E-state index contributed by atoms with van der Waals surface area (Å²) in [5.74, 6) is 0. The molecule has 1 aromatic carbocycles. The predicted octanol–water partition coefficient (Wildman–Crippen LogP) is 2.89. The van der Waals surface area contributed by atoms with Gasteiger partial charge >= 0.3 is 0 Å². The third-order valence-corrected chi connectivity index (χ3v) is 4.16. The molecule has 3 nitrogen and oxygen atoms in total. The summed E-state index contributed by atoms with van der Waals surface area (Å²) in [5, 5.41) is 1.12. The third kappa shape index (κ3) is 3.62. The van der Waals surface area contributed by atoms with Crippen molar-refractivity contribution < 1.29 is 4.74 Å². The maximum absolute atomic E-state index is 5.70. The van der Waals surface area contributed by atoms with Gasteiger partial charge in [0.05, 0.1) is 16.8 Å². The highest BCUT2D eigenvalue weighted by Gasteiger charge is 2.14. The van der Waals surface area contributed by atoms with Crippen LogP contribution in [-0.2, 0) is 17.6 Å². The highest BCUT2D eigenvalue weighted by atomic mass is 32.1. The van der Waals surface area contributed by atoms with Gasteiger partial charge in [0, 0.05) is 24.0 Å². The molecule has 1 aromatic heterocycles. The van der Waals surface area contributed by atoms with Crippen LogP contribution in [0.4, 0.5) is 0 Å². The first-order valence-corrected chi connectivity index (χ1v) is 7.33. The van der Waals surface area contributed by atoms with Crippen LogP contribution in [-0.4, -0.2) is 24.7 Å². The van der Waals surface area contributed by atoms with Crippen LogP contribution < -0.4 is 5.73 Å². The summed E-state index contributed by atoms with van der Waals surface area (Å²) in [6.45, 7) is 2.72. The Bertz CT molecular complexity index is 510. The molecule has 0 fully saturated rings. The number of hydrogen-bond acceptors (Lipinski definition) is 4. The van der Waals surface area contributed by atoms with Crippen molar-refractivity contribution >= 4 is 11.3 Å². The summed E-state index contributed by atoms with van der Waals surface area (Å²) in [6.07, 6.45) is 1.93. The largest absolute Gasteiger partial charge is 0.381 e. The van der Waals surface area contributed by atoms with Gasteiger partial charge in [0.25, 0.3) is 0 Å². The Morgan fingerprint density at radius 3 is 2.68 bits per heavy atom. The van der Waals surface area contributed by atoms with E-state index in [2.05, 4.69) is 19.1 Å². The van der Waals surface area contributed by atoms with Crippen molar-refractivity contribution in [2.45, 2.75) is 25.9 Å². The normalized spacial score (nSPS) is 12.6. The molecule has 0 spiro atoms. The molecule has 1 atom stereocenters. The van der Waals surface area contributed by atoms with Crippen molar-refractivity contribution in [2.75, 3.05) is 13.7 Å². The van der Waals surface area contributed by atoms with Crippen molar-refractivity contribution in [1.82, 2.24) is 4.98 Å². The van der Waals surface area contributed by atoms with Gasteiger partial charge in [-0.25, -0.2) is 4.98 Å². The first kappa shape index (κ1) is 14.2. The van der Waals surface area contributed by atoms with E-state index in [0.717, 1.165) is 23.5 Å². The molecule has 2 N–H and O–H groups in total. The second-order valence-corrected chi connectivity index (χ2v) is 5.70. The second kappa shape index (κ2) is 6.80. The molecule has 1 unspecified atom stereocenters. The molecule has 102 valence electrons. The van der Waals surface area contributed by atoms with Gasteiger partial charge in [0.1, 0.15) is 0 Å². The number of nitrogens with zero attached hydrogens (tertiary/aromatic N) is 1. The van der Waals surface area contributed by atoms with Gasteiger partial charge in [0.2, 0.25) is 0 Å². The molecular weight excluding hydrogens is 256 g/mol. The maximum Gasteiger partial charge on any atom is 0.0961 e. The van der Waals surface area contributed by atoms with Crippen LogP contribution in [0.15, 0.2) is 30.3 Å². The number of ether oxygens (including phenoxy) is 1. The van der Waals surface area contributed by atoms with E-state index in [1.807, 2.05) is 18.2 Å². The lowest BCUT2D eigenvalue weighted by Gasteiger charge is -2.05. The fourth-order valence-corrected chi connectivity index (χ4v) is 3.16. The Morgan fingerprint density at radius 2 is 2.05 bits per heavy atom. The summed E-state index contributed by atoms with van der Waals surface area (Å²) >= 11 is 1.75. The monoisotopic (exact) mass is 276 g/mol. The van der Waals surface area contributed by atoms with Crippen LogP contribution in [0.1, 0.15) is 16.8 Å². The van der Waals surface area contributed by atoms with Crippen molar-refractivity contribution in [3.8, 4) is 11.3 Å². The first-order chi connectivity index (χ1) is 9.24. The molecular formula is C15H20N2OS. The average molecular weight is 276 g/mol. The molecule has 0 saturated heterocycles. The van der Waals surface area contributed by atoms with Crippen molar-refractivity contribution in [3.63, 3.8) is 0 Å². The Kier molecular flexibility index (Phi) is 5.07. The SMILES string of the molecule is COC(C)Cc1nc(-c2ccccc2)c(CCN)s1. The van der Waals surface area contributed by atoms with Crippen LogP contribution in [0.2, 0.25) is 0 Å². The molecule has 2 rings (SSSR count). The van der Waals surface area contributed by atoms with Crippen LogP contribution >= 0.6 is 11.3 Å². The van der Waals surface area contributed by atoms with Gasteiger partial charge in [-0.1, -0.05) is 30.3 Å². The molecule has 0 amide bonds. The van der Waals surface area contributed by atoms with Gasteiger partial charge in [-0.05, 0) is 19.9 Å². The van der Waals surface area contributed by atoms with Crippen LogP contribution in [0, 0.1) is 0 Å². The first-order valence-electron chi connectivity index (χ1n) is 6.51. The molecule has 0 radical (unpaired) electrons. The maximum atomic E-state index is 5.70. The number of nitrogens with two attached hydrogens (primary N) is 1. The minimum absolute atomic E-state index is 0.195. The third-order valence-electron chi connectivity index (χ3n) is 3.02. The Morgan fingerprint density at radius 1 is 1.32 bits per heavy atom. The lowest BCUT2D eigenvalue weighted by Crippen LogP contribution is -2.08. The smallest absolute Gasteiger partial charge is 0.0961 e. The molecule has 4 heteroatoms. The summed E-state index contributed by atoms with van der Waals surface area (Å²) in [4.78, 5) is 6.04. The van der Waals surface area contributed by atoms with E-state index in [-0.39, 0.29) is 6.10 Å². The molecule has 0 aliphatic heterocycles. The number of aromatic nitrogens is 1.